The van der Waals surface area contributed by atoms with Crippen molar-refractivity contribution >= 4 is 11.9 Å². The molecule has 1 heterocycles. The maximum atomic E-state index is 12.0. The van der Waals surface area contributed by atoms with Gasteiger partial charge in [-0.05, 0) is 33.1 Å². The molecule has 1 saturated heterocycles. The largest absolute Gasteiger partial charge is 0.465 e. The second-order valence-corrected chi connectivity index (χ2v) is 4.75. The second kappa shape index (κ2) is 8.15. The van der Waals surface area contributed by atoms with Crippen LogP contribution in [0.15, 0.2) is 0 Å². The lowest BCUT2D eigenvalue weighted by atomic mass is 9.86. The van der Waals surface area contributed by atoms with Crippen molar-refractivity contribution in [3.63, 3.8) is 0 Å². The van der Waals surface area contributed by atoms with Gasteiger partial charge in [-0.3, -0.25) is 9.59 Å². The van der Waals surface area contributed by atoms with Gasteiger partial charge in [0.15, 0.2) is 5.92 Å². The highest BCUT2D eigenvalue weighted by atomic mass is 16.6. The summed E-state index contributed by atoms with van der Waals surface area (Å²) in [5, 5.41) is 0. The quantitative estimate of drug-likeness (QED) is 0.546. The summed E-state index contributed by atoms with van der Waals surface area (Å²) in [5.41, 5.74) is 0. The first-order valence-electron chi connectivity index (χ1n) is 7.06. The van der Waals surface area contributed by atoms with Gasteiger partial charge in [0.05, 0.1) is 19.3 Å². The smallest absolute Gasteiger partial charge is 0.320 e. The summed E-state index contributed by atoms with van der Waals surface area (Å²) in [6.45, 7) is 6.51. The Hall–Kier alpha value is -1.10. The molecule has 1 aliphatic rings. The van der Waals surface area contributed by atoms with E-state index in [9.17, 15) is 9.59 Å². The third kappa shape index (κ3) is 4.49. The van der Waals surface area contributed by atoms with E-state index in [0.717, 1.165) is 19.3 Å². The van der Waals surface area contributed by atoms with Gasteiger partial charge in [0.25, 0.3) is 0 Å². The van der Waals surface area contributed by atoms with Crippen molar-refractivity contribution in [2.75, 3.05) is 19.8 Å². The second-order valence-electron chi connectivity index (χ2n) is 4.75. The summed E-state index contributed by atoms with van der Waals surface area (Å²) in [4.78, 5) is 23.9. The Kier molecular flexibility index (Phi) is 6.84. The van der Waals surface area contributed by atoms with Crippen molar-refractivity contribution in [3.05, 3.63) is 0 Å². The van der Waals surface area contributed by atoms with Crippen LogP contribution in [0.25, 0.3) is 0 Å². The minimum atomic E-state index is -0.886. The zero-order valence-corrected chi connectivity index (χ0v) is 12.0. The van der Waals surface area contributed by atoms with E-state index in [1.54, 1.807) is 13.8 Å². The first-order chi connectivity index (χ1) is 9.11. The van der Waals surface area contributed by atoms with Crippen LogP contribution in [-0.4, -0.2) is 37.9 Å². The van der Waals surface area contributed by atoms with Crippen molar-refractivity contribution in [2.45, 2.75) is 46.1 Å². The van der Waals surface area contributed by atoms with E-state index in [-0.39, 0.29) is 25.2 Å². The van der Waals surface area contributed by atoms with Crippen LogP contribution in [0.2, 0.25) is 0 Å². The maximum Gasteiger partial charge on any atom is 0.320 e. The Morgan fingerprint density at radius 1 is 1.16 bits per heavy atom. The molecule has 0 aromatic heterocycles. The molecule has 5 nitrogen and oxygen atoms in total. The molecule has 5 heteroatoms. The van der Waals surface area contributed by atoms with Gasteiger partial charge in [-0.15, -0.1) is 0 Å². The van der Waals surface area contributed by atoms with Crippen LogP contribution in [0.3, 0.4) is 0 Å². The topological polar surface area (TPSA) is 61.8 Å². The molecule has 0 spiro atoms. The van der Waals surface area contributed by atoms with Gasteiger partial charge in [-0.1, -0.05) is 6.92 Å². The van der Waals surface area contributed by atoms with Crippen molar-refractivity contribution < 1.29 is 23.8 Å². The molecule has 0 saturated carbocycles. The molecule has 0 aliphatic carbocycles. The number of carbonyl (C=O) groups is 2. The molecule has 1 aliphatic heterocycles. The molecule has 0 aromatic carbocycles. The van der Waals surface area contributed by atoms with E-state index in [1.165, 1.54) is 0 Å². The first kappa shape index (κ1) is 16.0. The highest BCUT2D eigenvalue weighted by Gasteiger charge is 2.39. The van der Waals surface area contributed by atoms with Crippen LogP contribution in [-0.2, 0) is 23.8 Å². The monoisotopic (exact) mass is 272 g/mol. The van der Waals surface area contributed by atoms with Crippen molar-refractivity contribution in [3.8, 4) is 0 Å². The number of ether oxygens (including phenoxy) is 3. The predicted octanol–water partition coefficient (Wildman–Crippen LogP) is 1.93. The molecule has 1 fully saturated rings. The van der Waals surface area contributed by atoms with Crippen LogP contribution in [0.1, 0.15) is 40.0 Å². The van der Waals surface area contributed by atoms with Crippen LogP contribution in [0.4, 0.5) is 0 Å². The Bertz CT molecular complexity index is 278. The summed E-state index contributed by atoms with van der Waals surface area (Å²) < 4.78 is 15.6. The number of carbonyl (C=O) groups excluding carboxylic acids is 2. The Morgan fingerprint density at radius 2 is 1.74 bits per heavy atom. The standard InChI is InChI=1S/C14H24O5/c1-4-17-13(15)12(14(16)18-5-2)10(3)11-8-6-7-9-19-11/h10-12H,4-9H2,1-3H3/t10-,11-/m0/s1. The normalized spacial score (nSPS) is 20.9. The molecular weight excluding hydrogens is 248 g/mol. The fourth-order valence-electron chi connectivity index (χ4n) is 2.38. The fraction of sp³-hybridized carbons (Fsp3) is 0.857. The highest BCUT2D eigenvalue weighted by Crippen LogP contribution is 2.27. The summed E-state index contributed by atoms with van der Waals surface area (Å²) in [7, 11) is 0. The van der Waals surface area contributed by atoms with Crippen LogP contribution < -0.4 is 0 Å². The Labute approximate surface area is 114 Å². The van der Waals surface area contributed by atoms with Crippen molar-refractivity contribution in [1.82, 2.24) is 0 Å². The molecule has 0 radical (unpaired) electrons. The third-order valence-corrected chi connectivity index (χ3v) is 3.41. The van der Waals surface area contributed by atoms with Gasteiger partial charge in [0.2, 0.25) is 0 Å². The van der Waals surface area contributed by atoms with E-state index in [0.29, 0.717) is 6.61 Å². The van der Waals surface area contributed by atoms with Gasteiger partial charge >= 0.3 is 11.9 Å². The Morgan fingerprint density at radius 3 is 2.16 bits per heavy atom. The van der Waals surface area contributed by atoms with Crippen LogP contribution in [0.5, 0.6) is 0 Å². The van der Waals surface area contributed by atoms with Crippen LogP contribution >= 0.6 is 0 Å². The zero-order chi connectivity index (χ0) is 14.3. The van der Waals surface area contributed by atoms with E-state index >= 15 is 0 Å². The molecule has 0 N–H and O–H groups in total. The fourth-order valence-corrected chi connectivity index (χ4v) is 2.38. The summed E-state index contributed by atoms with van der Waals surface area (Å²) in [6.07, 6.45) is 2.89. The summed E-state index contributed by atoms with van der Waals surface area (Å²) >= 11 is 0. The average molecular weight is 272 g/mol. The molecule has 19 heavy (non-hydrogen) atoms. The molecule has 0 bridgehead atoms. The lowest BCUT2D eigenvalue weighted by Gasteiger charge is -2.31. The van der Waals surface area contributed by atoms with Gasteiger partial charge in [0.1, 0.15) is 0 Å². The minimum Gasteiger partial charge on any atom is -0.465 e. The van der Waals surface area contributed by atoms with Gasteiger partial charge < -0.3 is 14.2 Å². The SMILES string of the molecule is CCOC(=O)C(C(=O)OCC)[C@@H](C)[C@@H]1CCCCO1. The number of hydrogen-bond donors (Lipinski definition) is 0. The number of rotatable bonds is 6. The van der Waals surface area contributed by atoms with E-state index < -0.39 is 17.9 Å². The maximum absolute atomic E-state index is 12.0. The van der Waals surface area contributed by atoms with Crippen LogP contribution in [0, 0.1) is 11.8 Å². The van der Waals surface area contributed by atoms with Crippen molar-refractivity contribution in [1.29, 1.82) is 0 Å². The summed E-state index contributed by atoms with van der Waals surface area (Å²) in [5.74, 6) is -2.13. The van der Waals surface area contributed by atoms with Gasteiger partial charge in [-0.2, -0.15) is 0 Å². The third-order valence-electron chi connectivity index (χ3n) is 3.41. The van der Waals surface area contributed by atoms with Gasteiger partial charge in [0, 0.05) is 12.5 Å². The molecule has 110 valence electrons. The number of esters is 2. The molecule has 0 unspecified atom stereocenters. The lowest BCUT2D eigenvalue weighted by molar-refractivity contribution is -0.168. The highest BCUT2D eigenvalue weighted by molar-refractivity contribution is 5.95. The lowest BCUT2D eigenvalue weighted by Crippen LogP contribution is -2.40. The molecular formula is C14H24O5. The number of hydrogen-bond acceptors (Lipinski definition) is 5. The molecule has 0 amide bonds. The average Bonchev–Trinajstić information content (AvgIpc) is 2.40. The van der Waals surface area contributed by atoms with E-state index in [2.05, 4.69) is 0 Å². The van der Waals surface area contributed by atoms with E-state index in [4.69, 9.17) is 14.2 Å². The first-order valence-corrected chi connectivity index (χ1v) is 7.06. The predicted molar refractivity (Wildman–Crippen MR) is 69.5 cm³/mol. The van der Waals surface area contributed by atoms with Gasteiger partial charge in [-0.25, -0.2) is 0 Å². The zero-order valence-electron chi connectivity index (χ0n) is 12.0. The van der Waals surface area contributed by atoms with E-state index in [1.807, 2.05) is 6.92 Å². The summed E-state index contributed by atoms with van der Waals surface area (Å²) in [6, 6.07) is 0. The van der Waals surface area contributed by atoms with Crippen molar-refractivity contribution in [2.24, 2.45) is 11.8 Å². The minimum absolute atomic E-state index is 0.0763. The molecule has 2 atom stereocenters. The molecule has 1 rings (SSSR count). The Balaban J connectivity index is 2.75. The molecule has 0 aromatic rings.